The van der Waals surface area contributed by atoms with Gasteiger partial charge in [0.15, 0.2) is 0 Å². The molecule has 0 saturated carbocycles. The molecule has 3 aromatic carbocycles. The lowest BCUT2D eigenvalue weighted by atomic mass is 9.90. The maximum absolute atomic E-state index is 13.8. The maximum atomic E-state index is 13.8. The summed E-state index contributed by atoms with van der Waals surface area (Å²) in [5.74, 6) is 0.291. The lowest BCUT2D eigenvalue weighted by Gasteiger charge is -2.38. The molecule has 212 valence electrons. The number of hydrogen-bond acceptors (Lipinski definition) is 5. The second-order valence-electron chi connectivity index (χ2n) is 10.9. The molecule has 7 heteroatoms. The normalized spacial score (nSPS) is 15.7. The van der Waals surface area contributed by atoms with Crippen molar-refractivity contribution in [2.24, 2.45) is 5.73 Å². The van der Waals surface area contributed by atoms with Crippen LogP contribution in [0.15, 0.2) is 78.9 Å². The highest BCUT2D eigenvalue weighted by Gasteiger charge is 2.38. The van der Waals surface area contributed by atoms with Crippen molar-refractivity contribution in [2.45, 2.75) is 64.9 Å². The average molecular weight is 543 g/mol. The number of fused-ring (bicyclic) bond motifs is 1. The molecule has 7 nitrogen and oxygen atoms in total. The number of benzene rings is 3. The number of nitrogens with one attached hydrogen (secondary N) is 1. The van der Waals surface area contributed by atoms with Crippen LogP contribution in [0.2, 0.25) is 0 Å². The Morgan fingerprint density at radius 1 is 0.975 bits per heavy atom. The second-order valence-corrected chi connectivity index (χ2v) is 10.9. The van der Waals surface area contributed by atoms with Crippen LogP contribution in [-0.2, 0) is 22.6 Å². The zero-order valence-electron chi connectivity index (χ0n) is 24.0. The molecule has 0 bridgehead atoms. The van der Waals surface area contributed by atoms with E-state index in [1.807, 2.05) is 78.9 Å². The van der Waals surface area contributed by atoms with E-state index in [1.54, 1.807) is 4.90 Å². The Morgan fingerprint density at radius 3 is 2.27 bits per heavy atom. The number of hydrogen-bond donors (Lipinski definition) is 2. The molecule has 2 atom stereocenters. The van der Waals surface area contributed by atoms with Crippen LogP contribution >= 0.6 is 0 Å². The minimum absolute atomic E-state index is 0.194. The Balaban J connectivity index is 1.56. The van der Waals surface area contributed by atoms with Crippen LogP contribution in [-0.4, -0.2) is 53.3 Å². The van der Waals surface area contributed by atoms with Gasteiger partial charge in [-0.15, -0.1) is 0 Å². The highest BCUT2D eigenvalue weighted by atomic mass is 16.5. The maximum Gasteiger partial charge on any atom is 0.247 e. The molecule has 4 rings (SSSR count). The van der Waals surface area contributed by atoms with Crippen LogP contribution in [0.1, 0.15) is 62.0 Å². The van der Waals surface area contributed by atoms with Crippen LogP contribution in [0, 0.1) is 0 Å². The standard InChI is InChI=1S/C33H42N4O3/c1-23(2)36(24(3)4)20-18-35-32(38)31-29-16-15-28(40-22-25-11-7-5-8-12-25)21-27(29)17-19-37(31)33(39)30(34)26-13-9-6-10-14-26/h5-16,21,23-24,30-31H,17-20,22,34H2,1-4H3,(H,35,38). The molecule has 40 heavy (non-hydrogen) atoms. The minimum atomic E-state index is -0.844. The molecule has 2 amide bonds. The van der Waals surface area contributed by atoms with Crippen molar-refractivity contribution in [3.05, 3.63) is 101 Å². The first-order valence-electron chi connectivity index (χ1n) is 14.2. The molecular weight excluding hydrogens is 500 g/mol. The van der Waals surface area contributed by atoms with Gasteiger partial charge < -0.3 is 20.7 Å². The Labute approximate surface area is 238 Å². The predicted octanol–water partition coefficient (Wildman–Crippen LogP) is 4.63. The number of nitrogens with two attached hydrogens (primary N) is 1. The average Bonchev–Trinajstić information content (AvgIpc) is 2.97. The van der Waals surface area contributed by atoms with Gasteiger partial charge in [-0.3, -0.25) is 14.5 Å². The van der Waals surface area contributed by atoms with Crippen molar-refractivity contribution in [3.8, 4) is 5.75 Å². The predicted molar refractivity (Wildman–Crippen MR) is 159 cm³/mol. The van der Waals surface area contributed by atoms with Crippen LogP contribution in [0.3, 0.4) is 0 Å². The number of nitrogens with zero attached hydrogens (tertiary/aromatic N) is 2. The smallest absolute Gasteiger partial charge is 0.247 e. The summed E-state index contributed by atoms with van der Waals surface area (Å²) in [4.78, 5) is 31.4. The first-order chi connectivity index (χ1) is 19.3. The summed E-state index contributed by atoms with van der Waals surface area (Å²) >= 11 is 0. The van der Waals surface area contributed by atoms with E-state index < -0.39 is 12.1 Å². The second kappa shape index (κ2) is 13.6. The van der Waals surface area contributed by atoms with E-state index in [4.69, 9.17) is 10.5 Å². The van der Waals surface area contributed by atoms with Crippen LogP contribution in [0.5, 0.6) is 5.75 Å². The monoisotopic (exact) mass is 542 g/mol. The summed E-state index contributed by atoms with van der Waals surface area (Å²) in [5, 5.41) is 3.11. The molecule has 0 fully saturated rings. The third-order valence-electron chi connectivity index (χ3n) is 7.54. The van der Waals surface area contributed by atoms with Crippen molar-refractivity contribution in [1.29, 1.82) is 0 Å². The third kappa shape index (κ3) is 7.09. The lowest BCUT2D eigenvalue weighted by molar-refractivity contribution is -0.142. The molecule has 2 unspecified atom stereocenters. The lowest BCUT2D eigenvalue weighted by Crippen LogP contribution is -2.51. The molecule has 1 heterocycles. The fourth-order valence-electron chi connectivity index (χ4n) is 5.45. The van der Waals surface area contributed by atoms with Crippen molar-refractivity contribution in [2.75, 3.05) is 19.6 Å². The number of carbonyl (C=O) groups excluding carboxylic acids is 2. The largest absolute Gasteiger partial charge is 0.489 e. The van der Waals surface area contributed by atoms with E-state index in [2.05, 4.69) is 37.9 Å². The van der Waals surface area contributed by atoms with Gasteiger partial charge in [0.2, 0.25) is 11.8 Å². The number of rotatable bonds is 11. The highest BCUT2D eigenvalue weighted by Crippen LogP contribution is 2.34. The van der Waals surface area contributed by atoms with Gasteiger partial charge in [0.25, 0.3) is 0 Å². The van der Waals surface area contributed by atoms with Gasteiger partial charge in [0.05, 0.1) is 0 Å². The molecule has 0 aromatic heterocycles. The number of ether oxygens (including phenoxy) is 1. The molecule has 3 aromatic rings. The Hall–Kier alpha value is -3.68. The Bertz CT molecular complexity index is 1260. The van der Waals surface area contributed by atoms with Crippen LogP contribution in [0.25, 0.3) is 0 Å². The van der Waals surface area contributed by atoms with Crippen molar-refractivity contribution in [1.82, 2.24) is 15.1 Å². The van der Waals surface area contributed by atoms with Crippen LogP contribution < -0.4 is 15.8 Å². The minimum Gasteiger partial charge on any atom is -0.489 e. The summed E-state index contributed by atoms with van der Waals surface area (Å²) in [5.41, 5.74) is 10.1. The van der Waals surface area contributed by atoms with Crippen molar-refractivity contribution in [3.63, 3.8) is 0 Å². The molecule has 1 aliphatic heterocycles. The van der Waals surface area contributed by atoms with E-state index in [0.29, 0.717) is 38.2 Å². The molecule has 1 aliphatic rings. The van der Waals surface area contributed by atoms with Crippen molar-refractivity contribution >= 4 is 11.8 Å². The summed E-state index contributed by atoms with van der Waals surface area (Å²) in [6, 6.07) is 24.2. The number of carbonyl (C=O) groups is 2. The fraction of sp³-hybridized carbons (Fsp3) is 0.394. The fourth-order valence-corrected chi connectivity index (χ4v) is 5.45. The molecular formula is C33H42N4O3. The molecule has 0 aliphatic carbocycles. The Kier molecular flexibility index (Phi) is 9.96. The van der Waals surface area contributed by atoms with Gasteiger partial charge in [0.1, 0.15) is 24.4 Å². The first-order valence-corrected chi connectivity index (χ1v) is 14.2. The third-order valence-corrected chi connectivity index (χ3v) is 7.54. The SMILES string of the molecule is CC(C)N(CCNC(=O)C1c2ccc(OCc3ccccc3)cc2CCN1C(=O)C(N)c1ccccc1)C(C)C. The van der Waals surface area contributed by atoms with Gasteiger partial charge in [-0.1, -0.05) is 66.7 Å². The summed E-state index contributed by atoms with van der Waals surface area (Å²) < 4.78 is 6.05. The summed E-state index contributed by atoms with van der Waals surface area (Å²) in [6.45, 7) is 10.7. The van der Waals surface area contributed by atoms with E-state index in [0.717, 1.165) is 34.5 Å². The zero-order chi connectivity index (χ0) is 28.6. The van der Waals surface area contributed by atoms with Gasteiger partial charge >= 0.3 is 0 Å². The van der Waals surface area contributed by atoms with Gasteiger partial charge in [-0.05, 0) is 68.5 Å². The molecule has 3 N–H and O–H groups in total. The van der Waals surface area contributed by atoms with E-state index in [-0.39, 0.29) is 11.8 Å². The van der Waals surface area contributed by atoms with E-state index in [1.165, 1.54) is 0 Å². The molecule has 0 spiro atoms. The topological polar surface area (TPSA) is 87.9 Å². The highest BCUT2D eigenvalue weighted by molar-refractivity contribution is 5.92. The summed E-state index contributed by atoms with van der Waals surface area (Å²) in [6.07, 6.45) is 0.614. The first kappa shape index (κ1) is 29.3. The molecule has 0 radical (unpaired) electrons. The van der Waals surface area contributed by atoms with Gasteiger partial charge in [-0.2, -0.15) is 0 Å². The Morgan fingerprint density at radius 2 is 1.62 bits per heavy atom. The quantitative estimate of drug-likeness (QED) is 0.369. The van der Waals surface area contributed by atoms with Gasteiger partial charge in [0, 0.05) is 31.7 Å². The van der Waals surface area contributed by atoms with E-state index in [9.17, 15) is 9.59 Å². The van der Waals surface area contributed by atoms with Gasteiger partial charge in [-0.25, -0.2) is 0 Å². The summed E-state index contributed by atoms with van der Waals surface area (Å²) in [7, 11) is 0. The zero-order valence-corrected chi connectivity index (χ0v) is 24.0. The molecule has 0 saturated heterocycles. The van der Waals surface area contributed by atoms with E-state index >= 15 is 0 Å². The number of amides is 2. The van der Waals surface area contributed by atoms with Crippen LogP contribution in [0.4, 0.5) is 0 Å². The van der Waals surface area contributed by atoms with Crippen molar-refractivity contribution < 1.29 is 14.3 Å².